The van der Waals surface area contributed by atoms with Crippen LogP contribution in [0.25, 0.3) is 111 Å². The lowest BCUT2D eigenvalue weighted by atomic mass is 9.93. The number of fused-ring (bicyclic) bond motifs is 10. The van der Waals surface area contributed by atoms with E-state index in [4.69, 9.17) is 24.4 Å². The molecule has 5 heteroatoms. The zero-order valence-corrected chi connectivity index (χ0v) is 28.4. The van der Waals surface area contributed by atoms with E-state index in [0.29, 0.717) is 28.9 Å². The summed E-state index contributed by atoms with van der Waals surface area (Å²) in [5.74, 6) is 2.35. The van der Waals surface area contributed by atoms with Crippen LogP contribution in [-0.2, 0) is 0 Å². The van der Waals surface area contributed by atoms with E-state index in [1.807, 2.05) is 42.5 Å². The van der Waals surface area contributed by atoms with Crippen LogP contribution < -0.4 is 0 Å². The fraction of sp³-hybridized carbons (Fsp3) is 0. The summed E-state index contributed by atoms with van der Waals surface area (Å²) in [7, 11) is 0. The van der Waals surface area contributed by atoms with E-state index in [1.165, 1.54) is 26.9 Å². The van der Waals surface area contributed by atoms with Crippen LogP contribution in [0.15, 0.2) is 174 Å². The van der Waals surface area contributed by atoms with Crippen molar-refractivity contribution in [2.75, 3.05) is 0 Å². The maximum atomic E-state index is 6.56. The molecule has 53 heavy (non-hydrogen) atoms. The number of hydrogen-bond acceptors (Lipinski definition) is 5. The molecular formula is C48H28N4O. The van der Waals surface area contributed by atoms with Crippen LogP contribution in [0, 0.1) is 0 Å². The minimum absolute atomic E-state index is 0.567. The molecule has 0 bridgehead atoms. The second-order valence-corrected chi connectivity index (χ2v) is 13.4. The molecule has 2 heterocycles. The predicted octanol–water partition coefficient (Wildman–Crippen LogP) is 12.4. The van der Waals surface area contributed by atoms with Crippen molar-refractivity contribution in [1.29, 1.82) is 0 Å². The van der Waals surface area contributed by atoms with Crippen LogP contribution in [0.5, 0.6) is 0 Å². The topological polar surface area (TPSA) is 64.7 Å². The minimum Gasteiger partial charge on any atom is -0.435 e. The molecule has 0 amide bonds. The van der Waals surface area contributed by atoms with Gasteiger partial charge in [-0.2, -0.15) is 0 Å². The van der Waals surface area contributed by atoms with Gasteiger partial charge in [-0.05, 0) is 72.7 Å². The van der Waals surface area contributed by atoms with Gasteiger partial charge in [-0.1, -0.05) is 146 Å². The largest absolute Gasteiger partial charge is 0.435 e. The number of aromatic nitrogens is 4. The normalized spacial score (nSPS) is 11.8. The third kappa shape index (κ3) is 4.71. The predicted molar refractivity (Wildman–Crippen MR) is 217 cm³/mol. The van der Waals surface area contributed by atoms with Gasteiger partial charge in [0.05, 0.1) is 0 Å². The standard InChI is InChI=1S/C48H28N4O/c1-2-13-31(14-3-1)48-49-42-27-25-30-16-11-23-40(43(30)44(42)53-48)47-51-45(50-46(52-47)39-22-10-15-29-12-4-5-17-33(29)39)32-24-26-38-36-20-7-6-18-34(36)35-19-8-9-21-37(35)41(38)28-32/h1-28H. The Morgan fingerprint density at radius 2 is 0.906 bits per heavy atom. The van der Waals surface area contributed by atoms with Crippen LogP contribution >= 0.6 is 0 Å². The first-order valence-electron chi connectivity index (χ1n) is 17.7. The lowest BCUT2D eigenvalue weighted by molar-refractivity contribution is 0.623. The first kappa shape index (κ1) is 29.5. The molecule has 0 saturated carbocycles. The number of rotatable bonds is 4. The summed E-state index contributed by atoms with van der Waals surface area (Å²) in [5, 5.41) is 11.4. The first-order chi connectivity index (χ1) is 26.3. The van der Waals surface area contributed by atoms with Crippen LogP contribution in [0.2, 0.25) is 0 Å². The summed E-state index contributed by atoms with van der Waals surface area (Å²) < 4.78 is 6.56. The third-order valence-corrected chi connectivity index (χ3v) is 10.3. The quantitative estimate of drug-likeness (QED) is 0.174. The van der Waals surface area contributed by atoms with E-state index in [9.17, 15) is 0 Å². The van der Waals surface area contributed by atoms with Crippen LogP contribution in [0.3, 0.4) is 0 Å². The number of nitrogens with zero attached hydrogens (tertiary/aromatic N) is 4. The third-order valence-electron chi connectivity index (χ3n) is 10.3. The Labute approximate surface area is 303 Å². The molecule has 0 aliphatic carbocycles. The molecule has 2 aromatic heterocycles. The molecule has 5 nitrogen and oxygen atoms in total. The van der Waals surface area contributed by atoms with Crippen LogP contribution in [0.1, 0.15) is 0 Å². The van der Waals surface area contributed by atoms with Gasteiger partial charge in [-0.3, -0.25) is 0 Å². The molecule has 0 unspecified atom stereocenters. The molecule has 0 N–H and O–H groups in total. The molecule has 0 aliphatic heterocycles. The number of hydrogen-bond donors (Lipinski definition) is 0. The van der Waals surface area contributed by atoms with Gasteiger partial charge in [0.2, 0.25) is 5.89 Å². The second-order valence-electron chi connectivity index (χ2n) is 13.4. The van der Waals surface area contributed by atoms with Crippen molar-refractivity contribution in [1.82, 2.24) is 19.9 Å². The summed E-state index contributed by atoms with van der Waals surface area (Å²) in [5.41, 5.74) is 5.12. The summed E-state index contributed by atoms with van der Waals surface area (Å²) >= 11 is 0. The summed E-state index contributed by atoms with van der Waals surface area (Å²) in [6, 6.07) is 58.8. The van der Waals surface area contributed by atoms with Gasteiger partial charge < -0.3 is 4.42 Å². The second kappa shape index (κ2) is 11.7. The van der Waals surface area contributed by atoms with E-state index < -0.39 is 0 Å². The van der Waals surface area contributed by atoms with Crippen molar-refractivity contribution < 1.29 is 4.42 Å². The Balaban J connectivity index is 1.19. The number of oxazole rings is 1. The van der Waals surface area contributed by atoms with Crippen molar-refractivity contribution >= 4 is 65.0 Å². The summed E-state index contributed by atoms with van der Waals surface area (Å²) in [4.78, 5) is 20.6. The maximum absolute atomic E-state index is 6.56. The lowest BCUT2D eigenvalue weighted by Crippen LogP contribution is -2.01. The molecule has 0 saturated heterocycles. The van der Waals surface area contributed by atoms with Crippen molar-refractivity contribution in [2.45, 2.75) is 0 Å². The maximum Gasteiger partial charge on any atom is 0.227 e. The molecule has 246 valence electrons. The average molecular weight is 677 g/mol. The highest BCUT2D eigenvalue weighted by molar-refractivity contribution is 6.25. The molecule has 0 aliphatic rings. The summed E-state index contributed by atoms with van der Waals surface area (Å²) in [6.07, 6.45) is 0. The Morgan fingerprint density at radius 3 is 1.66 bits per heavy atom. The molecule has 0 atom stereocenters. The Kier molecular flexibility index (Phi) is 6.48. The number of benzene rings is 9. The molecule has 9 aromatic carbocycles. The van der Waals surface area contributed by atoms with Crippen molar-refractivity contribution in [3.05, 3.63) is 170 Å². The molecule has 0 radical (unpaired) electrons. The van der Waals surface area contributed by atoms with E-state index in [0.717, 1.165) is 54.7 Å². The van der Waals surface area contributed by atoms with Gasteiger partial charge in [-0.25, -0.2) is 19.9 Å². The first-order valence-corrected chi connectivity index (χ1v) is 17.7. The monoisotopic (exact) mass is 676 g/mol. The Morgan fingerprint density at radius 1 is 0.340 bits per heavy atom. The van der Waals surface area contributed by atoms with Gasteiger partial charge in [0, 0.05) is 27.6 Å². The molecule has 11 aromatic rings. The smallest absolute Gasteiger partial charge is 0.227 e. The molecule has 0 spiro atoms. The van der Waals surface area contributed by atoms with E-state index in [1.54, 1.807) is 0 Å². The zero-order valence-electron chi connectivity index (χ0n) is 28.4. The lowest BCUT2D eigenvalue weighted by Gasteiger charge is -2.13. The van der Waals surface area contributed by atoms with Crippen LogP contribution in [0.4, 0.5) is 0 Å². The average Bonchev–Trinajstić information content (AvgIpc) is 3.68. The van der Waals surface area contributed by atoms with Crippen molar-refractivity contribution in [3.63, 3.8) is 0 Å². The minimum atomic E-state index is 0.567. The van der Waals surface area contributed by atoms with Crippen molar-refractivity contribution in [2.24, 2.45) is 0 Å². The highest BCUT2D eigenvalue weighted by atomic mass is 16.3. The van der Waals surface area contributed by atoms with Gasteiger partial charge in [-0.15, -0.1) is 0 Å². The zero-order chi connectivity index (χ0) is 34.9. The Bertz CT molecular complexity index is 3200. The highest BCUT2D eigenvalue weighted by Crippen LogP contribution is 2.39. The van der Waals surface area contributed by atoms with E-state index in [-0.39, 0.29) is 0 Å². The molecule has 0 fully saturated rings. The van der Waals surface area contributed by atoms with Gasteiger partial charge in [0.1, 0.15) is 5.52 Å². The van der Waals surface area contributed by atoms with Crippen LogP contribution in [-0.4, -0.2) is 19.9 Å². The van der Waals surface area contributed by atoms with Gasteiger partial charge >= 0.3 is 0 Å². The van der Waals surface area contributed by atoms with Gasteiger partial charge in [0.15, 0.2) is 23.1 Å². The van der Waals surface area contributed by atoms with E-state index in [2.05, 4.69) is 127 Å². The van der Waals surface area contributed by atoms with E-state index >= 15 is 0 Å². The summed E-state index contributed by atoms with van der Waals surface area (Å²) in [6.45, 7) is 0. The van der Waals surface area contributed by atoms with Gasteiger partial charge in [0.25, 0.3) is 0 Å². The fourth-order valence-electron chi connectivity index (χ4n) is 7.86. The SMILES string of the molecule is c1ccc(-c2nc3ccc4cccc(-c5nc(-c6ccc7c8ccccc8c8ccccc8c7c6)nc(-c6cccc7ccccc67)n5)c4c3o2)cc1. The molecular weight excluding hydrogens is 649 g/mol. The Hall–Kier alpha value is -7.24. The van der Waals surface area contributed by atoms with Crippen molar-refractivity contribution in [3.8, 4) is 45.6 Å². The fourth-order valence-corrected chi connectivity index (χ4v) is 7.86. The molecule has 11 rings (SSSR count). The highest BCUT2D eigenvalue weighted by Gasteiger charge is 2.20.